The lowest BCUT2D eigenvalue weighted by Gasteiger charge is -2.02. The molecule has 0 saturated heterocycles. The maximum atomic E-state index is 3.57. The van der Waals surface area contributed by atoms with Crippen LogP contribution in [0.3, 0.4) is 0 Å². The summed E-state index contributed by atoms with van der Waals surface area (Å²) in [5.74, 6) is 0. The van der Waals surface area contributed by atoms with Crippen molar-refractivity contribution in [3.8, 4) is 0 Å². The molecule has 0 aromatic rings. The molecule has 0 saturated carbocycles. The van der Waals surface area contributed by atoms with Crippen molar-refractivity contribution in [3.05, 3.63) is 0 Å². The van der Waals surface area contributed by atoms with Crippen LogP contribution in [0.5, 0.6) is 0 Å². The Labute approximate surface area is 68.3 Å². The average Bonchev–Trinajstić information content (AvgIpc) is 1.68. The van der Waals surface area contributed by atoms with E-state index in [0.717, 1.165) is 10.2 Å². The zero-order valence-electron chi connectivity index (χ0n) is 5.16. The predicted molar refractivity (Wildman–Crippen MR) is 46.0 cm³/mol. The van der Waals surface area contributed by atoms with E-state index >= 15 is 0 Å². The summed E-state index contributed by atoms with van der Waals surface area (Å²) in [6.07, 6.45) is 3.82. The van der Waals surface area contributed by atoms with Gasteiger partial charge in [-0.15, -0.1) is 0 Å². The summed E-state index contributed by atoms with van der Waals surface area (Å²) in [5.41, 5.74) is 0. The molecule has 0 spiro atoms. The molecule has 2 heteroatoms. The Morgan fingerprint density at radius 3 is 2.38 bits per heavy atom. The molecule has 0 aliphatic heterocycles. The molecule has 0 aromatic heterocycles. The van der Waals surface area contributed by atoms with Crippen LogP contribution >= 0.6 is 31.9 Å². The lowest BCUT2D eigenvalue weighted by Crippen LogP contribution is -1.96. The van der Waals surface area contributed by atoms with Crippen molar-refractivity contribution in [1.82, 2.24) is 0 Å². The van der Waals surface area contributed by atoms with E-state index in [1.165, 1.54) is 19.3 Å². The van der Waals surface area contributed by atoms with E-state index in [4.69, 9.17) is 0 Å². The van der Waals surface area contributed by atoms with Gasteiger partial charge < -0.3 is 0 Å². The van der Waals surface area contributed by atoms with Crippen LogP contribution in [0.4, 0.5) is 0 Å². The number of hydrogen-bond acceptors (Lipinski definition) is 0. The highest BCUT2D eigenvalue weighted by Gasteiger charge is 1.98. The summed E-state index contributed by atoms with van der Waals surface area (Å²) in [7, 11) is 0. The molecule has 0 fully saturated rings. The SMILES string of the molecule is CCC[C@H](Br)CCBr. The fourth-order valence-corrected chi connectivity index (χ4v) is 2.43. The van der Waals surface area contributed by atoms with Gasteiger partial charge in [-0.05, 0) is 12.8 Å². The van der Waals surface area contributed by atoms with Gasteiger partial charge in [0.15, 0.2) is 0 Å². The second-order valence-electron chi connectivity index (χ2n) is 1.86. The van der Waals surface area contributed by atoms with Crippen molar-refractivity contribution in [3.63, 3.8) is 0 Å². The molecule has 0 aliphatic carbocycles. The second kappa shape index (κ2) is 6.09. The molecule has 1 atom stereocenters. The third-order valence-corrected chi connectivity index (χ3v) is 2.40. The van der Waals surface area contributed by atoms with Crippen molar-refractivity contribution in [1.29, 1.82) is 0 Å². The summed E-state index contributed by atoms with van der Waals surface area (Å²) in [6.45, 7) is 2.21. The maximum Gasteiger partial charge on any atom is 0.0153 e. The average molecular weight is 244 g/mol. The minimum absolute atomic E-state index is 0.729. The molecular weight excluding hydrogens is 232 g/mol. The normalized spacial score (nSPS) is 13.9. The van der Waals surface area contributed by atoms with Crippen LogP contribution in [0.2, 0.25) is 0 Å². The van der Waals surface area contributed by atoms with Gasteiger partial charge in [0.1, 0.15) is 0 Å². The fraction of sp³-hybridized carbons (Fsp3) is 1.00. The topological polar surface area (TPSA) is 0 Å². The van der Waals surface area contributed by atoms with E-state index in [1.54, 1.807) is 0 Å². The highest BCUT2D eigenvalue weighted by molar-refractivity contribution is 9.10. The van der Waals surface area contributed by atoms with Gasteiger partial charge in [-0.25, -0.2) is 0 Å². The largest absolute Gasteiger partial charge is 0.0928 e. The molecule has 0 unspecified atom stereocenters. The fourth-order valence-electron chi connectivity index (χ4n) is 0.576. The van der Waals surface area contributed by atoms with E-state index in [1.807, 2.05) is 0 Å². The Hall–Kier alpha value is 0.960. The van der Waals surface area contributed by atoms with Crippen LogP contribution in [0.25, 0.3) is 0 Å². The van der Waals surface area contributed by atoms with Crippen LogP contribution in [-0.2, 0) is 0 Å². The second-order valence-corrected chi connectivity index (χ2v) is 3.95. The molecule has 50 valence electrons. The summed E-state index contributed by atoms with van der Waals surface area (Å²) in [4.78, 5) is 0.729. The van der Waals surface area contributed by atoms with Crippen LogP contribution in [0.1, 0.15) is 26.2 Å². The van der Waals surface area contributed by atoms with E-state index < -0.39 is 0 Å². The first-order valence-corrected chi connectivity index (χ1v) is 5.05. The summed E-state index contributed by atoms with van der Waals surface area (Å²) < 4.78 is 0. The Kier molecular flexibility index (Phi) is 6.82. The summed E-state index contributed by atoms with van der Waals surface area (Å²) in [5, 5.41) is 1.11. The summed E-state index contributed by atoms with van der Waals surface area (Å²) in [6, 6.07) is 0. The molecule has 0 amide bonds. The molecular formula is C6H12Br2. The highest BCUT2D eigenvalue weighted by atomic mass is 79.9. The monoisotopic (exact) mass is 242 g/mol. The zero-order valence-corrected chi connectivity index (χ0v) is 8.33. The minimum Gasteiger partial charge on any atom is -0.0928 e. The van der Waals surface area contributed by atoms with Crippen LogP contribution < -0.4 is 0 Å². The third-order valence-electron chi connectivity index (χ3n) is 1.02. The van der Waals surface area contributed by atoms with Gasteiger partial charge in [0.05, 0.1) is 0 Å². The zero-order chi connectivity index (χ0) is 6.41. The molecule has 0 heterocycles. The highest BCUT2D eigenvalue weighted by Crippen LogP contribution is 2.12. The molecule has 0 aliphatic rings. The van der Waals surface area contributed by atoms with Gasteiger partial charge in [0, 0.05) is 10.2 Å². The molecule has 8 heavy (non-hydrogen) atoms. The molecule has 0 nitrogen and oxygen atoms in total. The standard InChI is InChI=1S/C6H12Br2/c1-2-3-6(8)4-5-7/h6H,2-5H2,1H3/t6-/m0/s1. The van der Waals surface area contributed by atoms with Gasteiger partial charge in [-0.3, -0.25) is 0 Å². The van der Waals surface area contributed by atoms with Gasteiger partial charge in [-0.2, -0.15) is 0 Å². The number of halogens is 2. The van der Waals surface area contributed by atoms with Crippen molar-refractivity contribution in [2.45, 2.75) is 31.0 Å². The Bertz CT molecular complexity index is 39.8. The Morgan fingerprint density at radius 1 is 1.38 bits per heavy atom. The van der Waals surface area contributed by atoms with Crippen LogP contribution in [0.15, 0.2) is 0 Å². The van der Waals surface area contributed by atoms with Crippen LogP contribution in [-0.4, -0.2) is 10.2 Å². The number of alkyl halides is 2. The summed E-state index contributed by atoms with van der Waals surface area (Å²) >= 11 is 6.96. The molecule has 0 rings (SSSR count). The van der Waals surface area contributed by atoms with E-state index in [9.17, 15) is 0 Å². The first-order chi connectivity index (χ1) is 3.81. The van der Waals surface area contributed by atoms with Gasteiger partial charge in [-0.1, -0.05) is 45.2 Å². The molecule has 0 N–H and O–H groups in total. The number of rotatable bonds is 4. The van der Waals surface area contributed by atoms with Gasteiger partial charge in [0.2, 0.25) is 0 Å². The van der Waals surface area contributed by atoms with Crippen molar-refractivity contribution in [2.24, 2.45) is 0 Å². The lowest BCUT2D eigenvalue weighted by atomic mass is 10.2. The third kappa shape index (κ3) is 5.10. The lowest BCUT2D eigenvalue weighted by molar-refractivity contribution is 0.736. The van der Waals surface area contributed by atoms with Gasteiger partial charge >= 0.3 is 0 Å². The molecule has 0 radical (unpaired) electrons. The Morgan fingerprint density at radius 2 is 2.00 bits per heavy atom. The van der Waals surface area contributed by atoms with Crippen molar-refractivity contribution < 1.29 is 0 Å². The van der Waals surface area contributed by atoms with Crippen LogP contribution in [0, 0.1) is 0 Å². The van der Waals surface area contributed by atoms with Crippen molar-refractivity contribution in [2.75, 3.05) is 5.33 Å². The van der Waals surface area contributed by atoms with E-state index in [-0.39, 0.29) is 0 Å². The van der Waals surface area contributed by atoms with E-state index in [0.29, 0.717) is 0 Å². The first-order valence-electron chi connectivity index (χ1n) is 3.01. The number of hydrogen-bond donors (Lipinski definition) is 0. The maximum absolute atomic E-state index is 3.57. The predicted octanol–water partition coefficient (Wildman–Crippen LogP) is 3.34. The first kappa shape index (κ1) is 8.96. The van der Waals surface area contributed by atoms with Gasteiger partial charge in [0.25, 0.3) is 0 Å². The van der Waals surface area contributed by atoms with E-state index in [2.05, 4.69) is 38.8 Å². The smallest absolute Gasteiger partial charge is 0.0153 e. The Balaban J connectivity index is 2.92. The van der Waals surface area contributed by atoms with Crippen molar-refractivity contribution >= 4 is 31.9 Å². The quantitative estimate of drug-likeness (QED) is 0.665. The molecule has 0 aromatic carbocycles. The minimum atomic E-state index is 0.729. The molecule has 0 bridgehead atoms.